The van der Waals surface area contributed by atoms with Crippen molar-refractivity contribution in [3.8, 4) is 38.8 Å². The minimum atomic E-state index is 0.300. The van der Waals surface area contributed by atoms with Crippen LogP contribution in [0.3, 0.4) is 0 Å². The first-order chi connectivity index (χ1) is 17.8. The number of ether oxygens (including phenoxy) is 1. The molecule has 0 amide bonds. The lowest BCUT2D eigenvalue weighted by Gasteiger charge is -2.23. The maximum absolute atomic E-state index is 6.27. The fourth-order valence-corrected chi connectivity index (χ4v) is 5.94. The molecule has 2 N–H and O–H groups in total. The molecule has 5 heterocycles. The second-order valence-electron chi connectivity index (χ2n) is 9.40. The minimum Gasteiger partial charge on any atom is -0.489 e. The molecule has 1 saturated carbocycles. The van der Waals surface area contributed by atoms with E-state index in [1.165, 1.54) is 19.3 Å². The third-order valence-electron chi connectivity index (χ3n) is 7.02. The van der Waals surface area contributed by atoms with E-state index in [0.29, 0.717) is 6.10 Å². The van der Waals surface area contributed by atoms with E-state index in [0.717, 1.165) is 73.5 Å². The first-order valence-corrected chi connectivity index (χ1v) is 13.3. The van der Waals surface area contributed by atoms with Crippen LogP contribution in [0, 0.1) is 0 Å². The van der Waals surface area contributed by atoms with E-state index in [-0.39, 0.29) is 0 Å². The predicted octanol–water partition coefficient (Wildman–Crippen LogP) is 7.61. The highest BCUT2D eigenvalue weighted by molar-refractivity contribution is 7.13. The van der Waals surface area contributed by atoms with Crippen molar-refractivity contribution < 1.29 is 4.74 Å². The normalized spacial score (nSPS) is 14.6. The molecule has 6 aromatic rings. The van der Waals surface area contributed by atoms with Crippen molar-refractivity contribution in [3.05, 3.63) is 72.5 Å². The molecule has 36 heavy (non-hydrogen) atoms. The van der Waals surface area contributed by atoms with Gasteiger partial charge < -0.3 is 9.72 Å². The molecule has 7 heteroatoms. The predicted molar refractivity (Wildman–Crippen MR) is 145 cm³/mol. The number of hydrogen-bond donors (Lipinski definition) is 2. The van der Waals surface area contributed by atoms with Gasteiger partial charge >= 0.3 is 0 Å². The van der Waals surface area contributed by atoms with Crippen molar-refractivity contribution in [1.82, 2.24) is 25.1 Å². The van der Waals surface area contributed by atoms with E-state index in [2.05, 4.69) is 73.0 Å². The zero-order valence-corrected chi connectivity index (χ0v) is 20.5. The zero-order valence-electron chi connectivity index (χ0n) is 19.7. The second-order valence-corrected chi connectivity index (χ2v) is 10.3. The van der Waals surface area contributed by atoms with Crippen molar-refractivity contribution in [2.24, 2.45) is 0 Å². The van der Waals surface area contributed by atoms with Crippen molar-refractivity contribution in [1.29, 1.82) is 0 Å². The second kappa shape index (κ2) is 8.91. The van der Waals surface area contributed by atoms with Gasteiger partial charge in [0.1, 0.15) is 11.4 Å². The van der Waals surface area contributed by atoms with Crippen LogP contribution in [0.15, 0.2) is 72.5 Å². The van der Waals surface area contributed by atoms with E-state index in [1.807, 2.05) is 24.7 Å². The van der Waals surface area contributed by atoms with E-state index in [1.54, 1.807) is 11.3 Å². The number of nitrogens with one attached hydrogen (secondary N) is 2. The lowest BCUT2D eigenvalue weighted by Crippen LogP contribution is -2.19. The molecule has 0 atom stereocenters. The van der Waals surface area contributed by atoms with Gasteiger partial charge in [0, 0.05) is 34.2 Å². The molecule has 0 bridgehead atoms. The number of rotatable bonds is 5. The zero-order chi connectivity index (χ0) is 23.9. The van der Waals surface area contributed by atoms with Gasteiger partial charge in [-0.2, -0.15) is 5.10 Å². The third kappa shape index (κ3) is 3.85. The highest BCUT2D eigenvalue weighted by atomic mass is 32.1. The van der Waals surface area contributed by atoms with Gasteiger partial charge in [-0.25, -0.2) is 0 Å². The van der Waals surface area contributed by atoms with E-state index in [9.17, 15) is 0 Å². The lowest BCUT2D eigenvalue weighted by molar-refractivity contribution is 0.154. The third-order valence-corrected chi connectivity index (χ3v) is 7.90. The van der Waals surface area contributed by atoms with Crippen molar-refractivity contribution in [3.63, 3.8) is 0 Å². The first kappa shape index (κ1) is 21.3. The Kier molecular flexibility index (Phi) is 5.28. The summed E-state index contributed by atoms with van der Waals surface area (Å²) in [5, 5.41) is 12.1. The SMILES string of the molecule is c1csc(-c2nccc3[nH]c(-c4n[nH]c5ccc(-c6cncc(OC7CCCCC7)c6)cc45)cc23)c1. The largest absolute Gasteiger partial charge is 0.489 e. The van der Waals surface area contributed by atoms with Gasteiger partial charge in [-0.05, 0) is 73.0 Å². The Morgan fingerprint density at radius 1 is 0.861 bits per heavy atom. The van der Waals surface area contributed by atoms with Crippen LogP contribution in [0.5, 0.6) is 5.75 Å². The molecule has 5 aromatic heterocycles. The number of fused-ring (bicyclic) bond motifs is 2. The molecule has 1 fully saturated rings. The van der Waals surface area contributed by atoms with Crippen LogP contribution in [-0.4, -0.2) is 31.3 Å². The van der Waals surface area contributed by atoms with E-state index < -0.39 is 0 Å². The Bertz CT molecular complexity index is 1660. The molecule has 0 saturated heterocycles. The summed E-state index contributed by atoms with van der Waals surface area (Å²) in [4.78, 5) is 13.8. The number of nitrogens with zero attached hydrogens (tertiary/aromatic N) is 3. The van der Waals surface area contributed by atoms with Gasteiger partial charge in [-0.3, -0.25) is 15.1 Å². The smallest absolute Gasteiger partial charge is 0.138 e. The number of aromatic amines is 2. The van der Waals surface area contributed by atoms with Crippen LogP contribution >= 0.6 is 11.3 Å². The Morgan fingerprint density at radius 2 is 1.78 bits per heavy atom. The van der Waals surface area contributed by atoms with Crippen molar-refractivity contribution in [2.75, 3.05) is 0 Å². The van der Waals surface area contributed by atoms with Crippen LogP contribution in [0.25, 0.3) is 54.9 Å². The van der Waals surface area contributed by atoms with Crippen molar-refractivity contribution in [2.45, 2.75) is 38.2 Å². The summed E-state index contributed by atoms with van der Waals surface area (Å²) in [7, 11) is 0. The summed E-state index contributed by atoms with van der Waals surface area (Å²) in [6.07, 6.45) is 11.9. The molecule has 0 aliphatic heterocycles. The molecular weight excluding hydrogens is 466 g/mol. The van der Waals surface area contributed by atoms with Crippen LogP contribution in [0.1, 0.15) is 32.1 Å². The van der Waals surface area contributed by atoms with Crippen molar-refractivity contribution >= 4 is 33.1 Å². The van der Waals surface area contributed by atoms with Crippen LogP contribution < -0.4 is 4.74 Å². The van der Waals surface area contributed by atoms with Gasteiger partial charge in [0.15, 0.2) is 0 Å². The maximum Gasteiger partial charge on any atom is 0.138 e. The van der Waals surface area contributed by atoms with E-state index in [4.69, 9.17) is 4.74 Å². The molecule has 178 valence electrons. The number of thiophene rings is 1. The summed E-state index contributed by atoms with van der Waals surface area (Å²) in [5.41, 5.74) is 7.02. The highest BCUT2D eigenvalue weighted by Gasteiger charge is 2.17. The summed E-state index contributed by atoms with van der Waals surface area (Å²) in [6, 6.07) is 16.8. The Balaban J connectivity index is 1.26. The Hall–Kier alpha value is -3.97. The molecule has 1 aromatic carbocycles. The fraction of sp³-hybridized carbons (Fsp3) is 0.207. The summed E-state index contributed by atoms with van der Waals surface area (Å²) in [6.45, 7) is 0. The highest BCUT2D eigenvalue weighted by Crippen LogP contribution is 2.36. The van der Waals surface area contributed by atoms with Gasteiger partial charge in [-0.15, -0.1) is 11.3 Å². The van der Waals surface area contributed by atoms with Crippen LogP contribution in [0.4, 0.5) is 0 Å². The number of H-pyrrole nitrogens is 2. The standard InChI is InChI=1S/C29H25N5OS/c1-2-5-20(6-3-1)35-21-13-19(16-30-17-21)18-8-9-25-22(14-18)28(34-33-25)26-15-23-24(32-26)10-11-31-29(23)27-7-4-12-36-27/h4,7-17,20,32H,1-3,5-6H2,(H,33,34). The Labute approximate surface area is 212 Å². The molecular formula is C29H25N5OS. The number of hydrogen-bond acceptors (Lipinski definition) is 5. The summed E-state index contributed by atoms with van der Waals surface area (Å²) in [5.74, 6) is 0.844. The average Bonchev–Trinajstić information content (AvgIpc) is 3.68. The quantitative estimate of drug-likeness (QED) is 0.260. The topological polar surface area (TPSA) is 79.5 Å². The Morgan fingerprint density at radius 3 is 2.67 bits per heavy atom. The monoisotopic (exact) mass is 491 g/mol. The molecule has 7 rings (SSSR count). The molecule has 0 unspecified atom stereocenters. The molecule has 0 spiro atoms. The number of aromatic nitrogens is 5. The first-order valence-electron chi connectivity index (χ1n) is 12.4. The van der Waals surface area contributed by atoms with Gasteiger partial charge in [0.05, 0.1) is 34.1 Å². The average molecular weight is 492 g/mol. The number of benzene rings is 1. The van der Waals surface area contributed by atoms with Crippen LogP contribution in [0.2, 0.25) is 0 Å². The number of pyridine rings is 2. The van der Waals surface area contributed by atoms with Crippen LogP contribution in [-0.2, 0) is 0 Å². The van der Waals surface area contributed by atoms with Gasteiger partial charge in [-0.1, -0.05) is 18.6 Å². The summed E-state index contributed by atoms with van der Waals surface area (Å²) < 4.78 is 6.27. The van der Waals surface area contributed by atoms with Gasteiger partial charge in [0.2, 0.25) is 0 Å². The van der Waals surface area contributed by atoms with E-state index >= 15 is 0 Å². The fourth-order valence-electron chi connectivity index (χ4n) is 5.21. The molecule has 0 radical (unpaired) electrons. The minimum absolute atomic E-state index is 0.300. The molecule has 6 nitrogen and oxygen atoms in total. The maximum atomic E-state index is 6.27. The lowest BCUT2D eigenvalue weighted by atomic mass is 9.98. The summed E-state index contributed by atoms with van der Waals surface area (Å²) >= 11 is 1.70. The molecule has 1 aliphatic rings. The van der Waals surface area contributed by atoms with Gasteiger partial charge in [0.25, 0.3) is 0 Å². The molecule has 1 aliphatic carbocycles.